The molecule has 4 aliphatic carbocycles. The Labute approximate surface area is 155 Å². The minimum Gasteiger partial charge on any atom is -0.486 e. The number of rotatable bonds is 4. The summed E-state index contributed by atoms with van der Waals surface area (Å²) in [5, 5.41) is 0. The largest absolute Gasteiger partial charge is 0.486 e. The molecule has 4 saturated carbocycles. The van der Waals surface area contributed by atoms with Crippen LogP contribution in [0.4, 0.5) is 0 Å². The molecule has 1 amide bonds. The number of fused-ring (bicyclic) bond motifs is 1. The second kappa shape index (κ2) is 6.17. The highest BCUT2D eigenvalue weighted by Crippen LogP contribution is 2.60. The monoisotopic (exact) mass is 355 g/mol. The third-order valence-corrected chi connectivity index (χ3v) is 7.17. The molecule has 0 saturated heterocycles. The lowest BCUT2D eigenvalue weighted by atomic mass is 9.49. The molecule has 0 spiro atoms. The molecule has 5 aliphatic rings. The second-order valence-electron chi connectivity index (χ2n) is 8.96. The lowest BCUT2D eigenvalue weighted by molar-refractivity contribution is -0.158. The van der Waals surface area contributed by atoms with Crippen molar-refractivity contribution in [2.24, 2.45) is 23.2 Å². The Balaban J connectivity index is 1.39. The quantitative estimate of drug-likeness (QED) is 0.819. The lowest BCUT2D eigenvalue weighted by Crippen LogP contribution is -2.54. The average Bonchev–Trinajstić information content (AvgIpc) is 2.64. The molecule has 4 bridgehead atoms. The summed E-state index contributed by atoms with van der Waals surface area (Å²) in [7, 11) is 0. The molecular weight excluding hydrogens is 326 g/mol. The maximum atomic E-state index is 13.7. The first-order valence-electron chi connectivity index (χ1n) is 10.3. The van der Waals surface area contributed by atoms with Crippen molar-refractivity contribution in [1.29, 1.82) is 0 Å². The predicted molar refractivity (Wildman–Crippen MR) is 99.1 cm³/mol. The molecule has 6 rings (SSSR count). The van der Waals surface area contributed by atoms with E-state index in [-0.39, 0.29) is 5.41 Å². The lowest BCUT2D eigenvalue weighted by Gasteiger charge is -2.56. The molecule has 1 aliphatic heterocycles. The average molecular weight is 355 g/mol. The Kier molecular flexibility index (Phi) is 3.91. The van der Waals surface area contributed by atoms with Crippen molar-refractivity contribution in [3.8, 4) is 11.5 Å². The Morgan fingerprint density at radius 3 is 2.38 bits per heavy atom. The van der Waals surface area contributed by atoms with Gasteiger partial charge < -0.3 is 14.4 Å². The Morgan fingerprint density at radius 2 is 1.73 bits per heavy atom. The smallest absolute Gasteiger partial charge is 0.229 e. The zero-order valence-corrected chi connectivity index (χ0v) is 15.7. The molecule has 1 aromatic rings. The summed E-state index contributed by atoms with van der Waals surface area (Å²) in [6, 6.07) is 6.03. The molecule has 0 radical (unpaired) electrons. The van der Waals surface area contributed by atoms with E-state index in [1.165, 1.54) is 19.3 Å². The zero-order chi connectivity index (χ0) is 17.7. The van der Waals surface area contributed by atoms with Crippen LogP contribution in [0, 0.1) is 23.2 Å². The van der Waals surface area contributed by atoms with Crippen molar-refractivity contribution in [1.82, 2.24) is 4.90 Å². The normalized spacial score (nSPS) is 34.0. The van der Waals surface area contributed by atoms with Gasteiger partial charge in [0.1, 0.15) is 13.2 Å². The highest BCUT2D eigenvalue weighted by atomic mass is 16.6. The van der Waals surface area contributed by atoms with Crippen LogP contribution < -0.4 is 9.47 Å². The Morgan fingerprint density at radius 1 is 1.08 bits per heavy atom. The van der Waals surface area contributed by atoms with E-state index in [0.717, 1.165) is 60.6 Å². The van der Waals surface area contributed by atoms with Crippen LogP contribution in [0.3, 0.4) is 0 Å². The molecule has 4 nitrogen and oxygen atoms in total. The van der Waals surface area contributed by atoms with Gasteiger partial charge >= 0.3 is 0 Å². The maximum Gasteiger partial charge on any atom is 0.229 e. The summed E-state index contributed by atoms with van der Waals surface area (Å²) in [6.45, 7) is 4.67. The highest BCUT2D eigenvalue weighted by molar-refractivity contribution is 5.83. The topological polar surface area (TPSA) is 38.8 Å². The summed E-state index contributed by atoms with van der Waals surface area (Å²) >= 11 is 0. The first-order chi connectivity index (χ1) is 12.7. The molecule has 1 heterocycles. The van der Waals surface area contributed by atoms with Crippen LogP contribution >= 0.6 is 0 Å². The van der Waals surface area contributed by atoms with Gasteiger partial charge in [-0.25, -0.2) is 0 Å². The van der Waals surface area contributed by atoms with Gasteiger partial charge in [-0.05, 0) is 69.3 Å². The zero-order valence-electron chi connectivity index (χ0n) is 15.7. The van der Waals surface area contributed by atoms with Crippen LogP contribution in [0.1, 0.15) is 51.0 Å². The number of amides is 1. The minimum absolute atomic E-state index is 0.0725. The number of carbonyl (C=O) groups excluding carboxylic acids is 1. The van der Waals surface area contributed by atoms with E-state index in [4.69, 9.17) is 9.47 Å². The van der Waals surface area contributed by atoms with Crippen molar-refractivity contribution in [2.45, 2.75) is 52.0 Å². The van der Waals surface area contributed by atoms with Gasteiger partial charge in [0.05, 0.1) is 5.41 Å². The van der Waals surface area contributed by atoms with E-state index >= 15 is 0 Å². The van der Waals surface area contributed by atoms with E-state index in [2.05, 4.69) is 17.9 Å². The highest BCUT2D eigenvalue weighted by Gasteiger charge is 2.55. The second-order valence-corrected chi connectivity index (χ2v) is 8.96. The van der Waals surface area contributed by atoms with Crippen LogP contribution in [0.5, 0.6) is 11.5 Å². The summed E-state index contributed by atoms with van der Waals surface area (Å²) in [5.74, 6) is 4.43. The summed E-state index contributed by atoms with van der Waals surface area (Å²) < 4.78 is 11.6. The number of carbonyl (C=O) groups is 1. The van der Waals surface area contributed by atoms with Gasteiger partial charge in [0, 0.05) is 18.7 Å². The SMILES string of the molecule is CCN(Cc1cccc2c1OCCO2)C(=O)C12CC3CC(CC(C3)C1)C2. The van der Waals surface area contributed by atoms with Crippen LogP contribution in [0.2, 0.25) is 0 Å². The number of benzene rings is 1. The number of nitrogens with zero attached hydrogens (tertiary/aromatic N) is 1. The van der Waals surface area contributed by atoms with Crippen LogP contribution in [-0.4, -0.2) is 30.6 Å². The summed E-state index contributed by atoms with van der Waals surface area (Å²) in [4.78, 5) is 15.7. The van der Waals surface area contributed by atoms with Crippen molar-refractivity contribution >= 4 is 5.91 Å². The fraction of sp³-hybridized carbons (Fsp3) is 0.682. The van der Waals surface area contributed by atoms with E-state index in [1.54, 1.807) is 0 Å². The maximum absolute atomic E-state index is 13.7. The molecule has 0 aromatic heterocycles. The van der Waals surface area contributed by atoms with Gasteiger partial charge in [0.2, 0.25) is 5.91 Å². The van der Waals surface area contributed by atoms with Crippen molar-refractivity contribution in [2.75, 3.05) is 19.8 Å². The standard InChI is InChI=1S/C22H29NO3/c1-2-23(14-18-4-3-5-19-20(18)26-7-6-25-19)21(24)22-11-15-8-16(12-22)10-17(9-15)13-22/h3-5,15-17H,2,6-14H2,1H3. The van der Waals surface area contributed by atoms with Gasteiger partial charge in [0.25, 0.3) is 0 Å². The summed E-state index contributed by atoms with van der Waals surface area (Å²) in [5.41, 5.74) is 0.999. The van der Waals surface area contributed by atoms with Crippen molar-refractivity contribution < 1.29 is 14.3 Å². The molecular formula is C22H29NO3. The van der Waals surface area contributed by atoms with E-state index in [9.17, 15) is 4.79 Å². The predicted octanol–water partition coefficient (Wildman–Crippen LogP) is 4.02. The van der Waals surface area contributed by atoms with E-state index in [0.29, 0.717) is 25.7 Å². The third-order valence-electron chi connectivity index (χ3n) is 7.17. The molecule has 0 N–H and O–H groups in total. The number of para-hydroxylation sites is 1. The van der Waals surface area contributed by atoms with Gasteiger partial charge in [-0.2, -0.15) is 0 Å². The Hall–Kier alpha value is -1.71. The Bertz CT molecular complexity index is 678. The first kappa shape index (κ1) is 16.5. The molecule has 140 valence electrons. The van der Waals surface area contributed by atoms with E-state index in [1.807, 2.05) is 12.1 Å². The van der Waals surface area contributed by atoms with Crippen LogP contribution in [-0.2, 0) is 11.3 Å². The van der Waals surface area contributed by atoms with Crippen LogP contribution in [0.25, 0.3) is 0 Å². The molecule has 1 aromatic carbocycles. The van der Waals surface area contributed by atoms with Gasteiger partial charge in [-0.1, -0.05) is 12.1 Å². The number of hydrogen-bond donors (Lipinski definition) is 0. The third kappa shape index (κ3) is 2.60. The molecule has 4 heteroatoms. The molecule has 0 atom stereocenters. The first-order valence-corrected chi connectivity index (χ1v) is 10.3. The van der Waals surface area contributed by atoms with Crippen molar-refractivity contribution in [3.05, 3.63) is 23.8 Å². The molecule has 26 heavy (non-hydrogen) atoms. The van der Waals surface area contributed by atoms with E-state index < -0.39 is 0 Å². The van der Waals surface area contributed by atoms with Gasteiger partial charge in [0.15, 0.2) is 11.5 Å². The van der Waals surface area contributed by atoms with Crippen molar-refractivity contribution in [3.63, 3.8) is 0 Å². The fourth-order valence-electron chi connectivity index (χ4n) is 6.50. The molecule has 0 unspecified atom stereocenters. The van der Waals surface area contributed by atoms with Gasteiger partial charge in [-0.3, -0.25) is 4.79 Å². The number of hydrogen-bond acceptors (Lipinski definition) is 3. The minimum atomic E-state index is -0.0725. The fourth-order valence-corrected chi connectivity index (χ4v) is 6.50. The number of ether oxygens (including phenoxy) is 2. The summed E-state index contributed by atoms with van der Waals surface area (Å²) in [6.07, 6.45) is 7.49. The van der Waals surface area contributed by atoms with Gasteiger partial charge in [-0.15, -0.1) is 0 Å². The molecule has 4 fully saturated rings. The van der Waals surface area contributed by atoms with Crippen LogP contribution in [0.15, 0.2) is 18.2 Å².